The molecule has 2 heterocycles. The van der Waals surface area contributed by atoms with Crippen LogP contribution in [0, 0.1) is 6.92 Å². The highest BCUT2D eigenvalue weighted by Crippen LogP contribution is 2.34. The molecule has 2 aromatic rings. The average molecular weight is 236 g/mol. The molecule has 2 aromatic heterocycles. The highest BCUT2D eigenvalue weighted by atomic mass is 35.5. The molecule has 0 saturated heterocycles. The van der Waals surface area contributed by atoms with Gasteiger partial charge in [-0.3, -0.25) is 0 Å². The van der Waals surface area contributed by atoms with Crippen LogP contribution in [0.15, 0.2) is 12.3 Å². The van der Waals surface area contributed by atoms with Crippen LogP contribution >= 0.6 is 11.6 Å². The zero-order valence-electron chi connectivity index (χ0n) is 7.51. The minimum atomic E-state index is -4.48. The summed E-state index contributed by atoms with van der Waals surface area (Å²) < 4.78 is 38.4. The maximum Gasteiger partial charge on any atom is 0.419 e. The monoisotopic (exact) mass is 235 g/mol. The van der Waals surface area contributed by atoms with Crippen LogP contribution < -0.4 is 0 Å². The minimum Gasteiger partial charge on any atom is -0.220 e. The second kappa shape index (κ2) is 3.10. The van der Waals surface area contributed by atoms with Gasteiger partial charge in [-0.2, -0.15) is 18.3 Å². The van der Waals surface area contributed by atoms with Gasteiger partial charge < -0.3 is 0 Å². The number of hydrogen-bond donors (Lipinski definition) is 0. The molecule has 0 atom stereocenters. The maximum absolute atomic E-state index is 12.4. The van der Waals surface area contributed by atoms with E-state index in [1.165, 1.54) is 0 Å². The largest absolute Gasteiger partial charge is 0.419 e. The van der Waals surface area contributed by atoms with E-state index in [1.54, 1.807) is 6.92 Å². The molecular formula is C8H5ClF3N3. The Morgan fingerprint density at radius 1 is 1.40 bits per heavy atom. The van der Waals surface area contributed by atoms with Crippen molar-refractivity contribution in [3.05, 3.63) is 28.7 Å². The Kier molecular flexibility index (Phi) is 2.11. The summed E-state index contributed by atoms with van der Waals surface area (Å²) in [4.78, 5) is 3.90. The lowest BCUT2D eigenvalue weighted by Gasteiger charge is -2.08. The van der Waals surface area contributed by atoms with E-state index in [9.17, 15) is 13.2 Å². The molecule has 80 valence electrons. The van der Waals surface area contributed by atoms with E-state index in [1.807, 2.05) is 0 Å². The predicted octanol–water partition coefficient (Wildman–Crippen LogP) is 2.71. The van der Waals surface area contributed by atoms with Crippen molar-refractivity contribution in [1.82, 2.24) is 14.6 Å². The molecule has 0 N–H and O–H groups in total. The van der Waals surface area contributed by atoms with Crippen LogP contribution in [-0.2, 0) is 6.18 Å². The smallest absolute Gasteiger partial charge is 0.220 e. The standard InChI is InChI=1S/C8H5ClF3N3/c1-4-13-7-2-6(9)5(8(10,11)12)3-15(7)14-4/h2-3H,1H3. The summed E-state index contributed by atoms with van der Waals surface area (Å²) in [5, 5.41) is 3.40. The van der Waals surface area contributed by atoms with E-state index < -0.39 is 11.7 Å². The van der Waals surface area contributed by atoms with Gasteiger partial charge in [-0.25, -0.2) is 9.50 Å². The molecule has 0 spiro atoms. The van der Waals surface area contributed by atoms with Gasteiger partial charge in [0, 0.05) is 12.3 Å². The predicted molar refractivity (Wildman–Crippen MR) is 47.7 cm³/mol. The van der Waals surface area contributed by atoms with E-state index in [0.29, 0.717) is 11.5 Å². The SMILES string of the molecule is Cc1nc2cc(Cl)c(C(F)(F)F)cn2n1. The second-order valence-corrected chi connectivity index (χ2v) is 3.40. The molecule has 0 aromatic carbocycles. The zero-order chi connectivity index (χ0) is 11.2. The molecule has 2 rings (SSSR count). The average Bonchev–Trinajstić information content (AvgIpc) is 2.40. The number of rotatable bonds is 0. The molecule has 0 fully saturated rings. The molecule has 0 unspecified atom stereocenters. The Hall–Kier alpha value is -1.30. The van der Waals surface area contributed by atoms with Crippen LogP contribution in [0.3, 0.4) is 0 Å². The molecule has 0 radical (unpaired) electrons. The van der Waals surface area contributed by atoms with E-state index in [0.717, 1.165) is 16.8 Å². The summed E-state index contributed by atoms with van der Waals surface area (Å²) in [5.74, 6) is 0.394. The van der Waals surface area contributed by atoms with Gasteiger partial charge in [-0.05, 0) is 6.92 Å². The summed E-state index contributed by atoms with van der Waals surface area (Å²) in [6.45, 7) is 1.59. The number of halogens is 4. The third kappa shape index (κ3) is 1.77. The van der Waals surface area contributed by atoms with Crippen molar-refractivity contribution in [1.29, 1.82) is 0 Å². The summed E-state index contributed by atoms with van der Waals surface area (Å²) in [6.07, 6.45) is -3.65. The fourth-order valence-electron chi connectivity index (χ4n) is 1.22. The highest BCUT2D eigenvalue weighted by Gasteiger charge is 2.34. The molecule has 7 heteroatoms. The van der Waals surface area contributed by atoms with Crippen LogP contribution in [0.1, 0.15) is 11.4 Å². The summed E-state index contributed by atoms with van der Waals surface area (Å²) in [6, 6.07) is 1.14. The molecule has 0 bridgehead atoms. The first-order chi connectivity index (χ1) is 6.88. The molecule has 0 amide bonds. The lowest BCUT2D eigenvalue weighted by atomic mass is 10.3. The molecule has 3 nitrogen and oxygen atoms in total. The van der Waals surface area contributed by atoms with E-state index in [4.69, 9.17) is 11.6 Å². The van der Waals surface area contributed by atoms with Gasteiger partial charge in [-0.15, -0.1) is 0 Å². The number of aromatic nitrogens is 3. The first-order valence-corrected chi connectivity index (χ1v) is 4.35. The number of pyridine rings is 1. The lowest BCUT2D eigenvalue weighted by molar-refractivity contribution is -0.137. The molecular weight excluding hydrogens is 231 g/mol. The summed E-state index contributed by atoms with van der Waals surface area (Å²) in [5.41, 5.74) is -0.618. The first kappa shape index (κ1) is 10.2. The fourth-order valence-corrected chi connectivity index (χ4v) is 1.48. The van der Waals surface area contributed by atoms with Crippen molar-refractivity contribution in [3.63, 3.8) is 0 Å². The highest BCUT2D eigenvalue weighted by molar-refractivity contribution is 6.31. The van der Waals surface area contributed by atoms with E-state index >= 15 is 0 Å². The van der Waals surface area contributed by atoms with Gasteiger partial charge in [-0.1, -0.05) is 11.6 Å². The van der Waals surface area contributed by atoms with E-state index in [-0.39, 0.29) is 5.02 Å². The van der Waals surface area contributed by atoms with Crippen LogP contribution in [0.4, 0.5) is 13.2 Å². The van der Waals surface area contributed by atoms with Crippen LogP contribution in [0.2, 0.25) is 5.02 Å². The second-order valence-electron chi connectivity index (χ2n) is 2.99. The Bertz CT molecular complexity index is 518. The Balaban J connectivity index is 2.72. The number of alkyl halides is 3. The van der Waals surface area contributed by atoms with Gasteiger partial charge in [0.1, 0.15) is 5.82 Å². The maximum atomic E-state index is 12.4. The molecule has 0 aliphatic rings. The van der Waals surface area contributed by atoms with Crippen molar-refractivity contribution in [2.75, 3.05) is 0 Å². The molecule has 0 aliphatic heterocycles. The van der Waals surface area contributed by atoms with Crippen molar-refractivity contribution in [2.24, 2.45) is 0 Å². The third-order valence-electron chi connectivity index (χ3n) is 1.83. The number of hydrogen-bond acceptors (Lipinski definition) is 2. The lowest BCUT2D eigenvalue weighted by Crippen LogP contribution is -2.07. The first-order valence-electron chi connectivity index (χ1n) is 3.97. The summed E-state index contributed by atoms with van der Waals surface area (Å²) >= 11 is 5.50. The molecule has 15 heavy (non-hydrogen) atoms. The number of fused-ring (bicyclic) bond motifs is 1. The van der Waals surface area contributed by atoms with Crippen molar-refractivity contribution >= 4 is 17.2 Å². The Labute approximate surface area is 87.5 Å². The van der Waals surface area contributed by atoms with Gasteiger partial charge >= 0.3 is 6.18 Å². The third-order valence-corrected chi connectivity index (χ3v) is 2.15. The Morgan fingerprint density at radius 3 is 2.67 bits per heavy atom. The van der Waals surface area contributed by atoms with Crippen molar-refractivity contribution in [3.8, 4) is 0 Å². The van der Waals surface area contributed by atoms with Crippen LogP contribution in [0.5, 0.6) is 0 Å². The fraction of sp³-hybridized carbons (Fsp3) is 0.250. The van der Waals surface area contributed by atoms with Gasteiger partial charge in [0.25, 0.3) is 0 Å². The molecule has 0 saturated carbocycles. The van der Waals surface area contributed by atoms with Crippen molar-refractivity contribution < 1.29 is 13.2 Å². The Morgan fingerprint density at radius 2 is 2.07 bits per heavy atom. The van der Waals surface area contributed by atoms with Crippen LogP contribution in [-0.4, -0.2) is 14.6 Å². The van der Waals surface area contributed by atoms with Gasteiger partial charge in [0.2, 0.25) is 0 Å². The summed E-state index contributed by atoms with van der Waals surface area (Å²) in [7, 11) is 0. The zero-order valence-corrected chi connectivity index (χ0v) is 8.26. The quantitative estimate of drug-likeness (QED) is 0.703. The van der Waals surface area contributed by atoms with Crippen molar-refractivity contribution in [2.45, 2.75) is 13.1 Å². The minimum absolute atomic E-state index is 0.297. The van der Waals surface area contributed by atoms with E-state index in [2.05, 4.69) is 10.1 Å². The number of nitrogens with zero attached hydrogens (tertiary/aromatic N) is 3. The normalized spacial score (nSPS) is 12.3. The van der Waals surface area contributed by atoms with Crippen LogP contribution in [0.25, 0.3) is 5.65 Å². The van der Waals surface area contributed by atoms with Gasteiger partial charge in [0.05, 0.1) is 10.6 Å². The number of aryl methyl sites for hydroxylation is 1. The molecule has 0 aliphatic carbocycles. The van der Waals surface area contributed by atoms with Gasteiger partial charge in [0.15, 0.2) is 5.65 Å². The topological polar surface area (TPSA) is 30.2 Å².